The summed E-state index contributed by atoms with van der Waals surface area (Å²) in [6.07, 6.45) is 2.24. The van der Waals surface area contributed by atoms with Crippen LogP contribution in [0.1, 0.15) is 70.4 Å². The van der Waals surface area contributed by atoms with Gasteiger partial charge in [-0.2, -0.15) is 0 Å². The first-order valence-corrected chi connectivity index (χ1v) is 11.8. The Hall–Kier alpha value is -2.80. The highest BCUT2D eigenvalue weighted by Crippen LogP contribution is 2.55. The molecule has 5 rings (SSSR count). The van der Waals surface area contributed by atoms with Crippen molar-refractivity contribution in [3.05, 3.63) is 65.7 Å². The number of unbranched alkanes of at least 4 members (excludes halogenated alkanes) is 1. The van der Waals surface area contributed by atoms with Gasteiger partial charge in [-0.15, -0.1) is 0 Å². The van der Waals surface area contributed by atoms with E-state index in [-0.39, 0.29) is 0 Å². The van der Waals surface area contributed by atoms with Gasteiger partial charge >= 0.3 is 0 Å². The predicted octanol–water partition coefficient (Wildman–Crippen LogP) is 9.07. The van der Waals surface area contributed by atoms with Crippen LogP contribution in [0.15, 0.2) is 54.6 Å². The van der Waals surface area contributed by atoms with E-state index in [1.54, 1.807) is 0 Å². The van der Waals surface area contributed by atoms with Crippen LogP contribution in [0.4, 0.5) is 0 Å². The number of fused-ring (bicyclic) bond motifs is 4. The van der Waals surface area contributed by atoms with Gasteiger partial charge in [0.1, 0.15) is 5.75 Å². The second kappa shape index (κ2) is 7.71. The van der Waals surface area contributed by atoms with E-state index >= 15 is 0 Å². The van der Waals surface area contributed by atoms with Gasteiger partial charge in [-0.05, 0) is 85.3 Å². The molecule has 0 heterocycles. The van der Waals surface area contributed by atoms with E-state index in [9.17, 15) is 0 Å². The Morgan fingerprint density at radius 3 is 1.94 bits per heavy atom. The van der Waals surface area contributed by atoms with Gasteiger partial charge in [0, 0.05) is 0 Å². The Bertz CT molecular complexity index is 1290. The minimum absolute atomic E-state index is 0.424. The van der Waals surface area contributed by atoms with Crippen LogP contribution in [-0.4, -0.2) is 6.61 Å². The average Bonchev–Trinajstić information content (AvgIpc) is 3.07. The predicted molar refractivity (Wildman–Crippen MR) is 134 cm³/mol. The summed E-state index contributed by atoms with van der Waals surface area (Å²) < 4.78 is 6.13. The van der Waals surface area contributed by atoms with Crippen molar-refractivity contribution in [2.45, 2.75) is 59.3 Å². The molecule has 0 atom stereocenters. The minimum atomic E-state index is 0.424. The molecule has 0 aromatic heterocycles. The van der Waals surface area contributed by atoms with E-state index in [4.69, 9.17) is 4.74 Å². The lowest BCUT2D eigenvalue weighted by Crippen LogP contribution is -2.03. The molecule has 4 aromatic rings. The summed E-state index contributed by atoms with van der Waals surface area (Å²) >= 11 is 0. The van der Waals surface area contributed by atoms with Gasteiger partial charge in [0.15, 0.2) is 0 Å². The van der Waals surface area contributed by atoms with Gasteiger partial charge in [-0.3, -0.25) is 0 Å². The van der Waals surface area contributed by atoms with E-state index in [1.165, 1.54) is 54.9 Å². The maximum absolute atomic E-state index is 6.13. The van der Waals surface area contributed by atoms with Gasteiger partial charge < -0.3 is 4.74 Å². The third-order valence-corrected chi connectivity index (χ3v) is 6.72. The van der Waals surface area contributed by atoms with Crippen LogP contribution >= 0.6 is 0 Å². The molecule has 0 bridgehead atoms. The molecular weight excluding hydrogens is 376 g/mol. The van der Waals surface area contributed by atoms with Gasteiger partial charge in [0.25, 0.3) is 0 Å². The van der Waals surface area contributed by atoms with Gasteiger partial charge in [0.05, 0.1) is 6.61 Å². The standard InChI is InChI=1S/C30H32O/c1-6-7-16-31-21-14-15-22-25(17-21)27(19(4)5)30-24-13-9-11-20-10-8-12-23(28(20)24)29(30)26(22)18(2)3/h8-15,17-19H,6-7,16H2,1-5H3. The Morgan fingerprint density at radius 1 is 0.742 bits per heavy atom. The molecule has 0 saturated carbocycles. The number of hydrogen-bond donors (Lipinski definition) is 0. The topological polar surface area (TPSA) is 9.23 Å². The van der Waals surface area contributed by atoms with Crippen molar-refractivity contribution < 1.29 is 4.74 Å². The molecule has 158 valence electrons. The van der Waals surface area contributed by atoms with Crippen molar-refractivity contribution in [3.63, 3.8) is 0 Å². The van der Waals surface area contributed by atoms with Crippen molar-refractivity contribution in [1.82, 2.24) is 0 Å². The summed E-state index contributed by atoms with van der Waals surface area (Å²) in [6, 6.07) is 20.3. The molecular formula is C30H32O. The van der Waals surface area contributed by atoms with Crippen molar-refractivity contribution in [3.8, 4) is 28.0 Å². The van der Waals surface area contributed by atoms with Crippen LogP contribution in [-0.2, 0) is 0 Å². The van der Waals surface area contributed by atoms with Crippen LogP contribution in [0.2, 0.25) is 0 Å². The maximum Gasteiger partial charge on any atom is 0.119 e. The zero-order chi connectivity index (χ0) is 21.7. The molecule has 0 fully saturated rings. The van der Waals surface area contributed by atoms with E-state index in [0.717, 1.165) is 25.2 Å². The molecule has 1 aliphatic rings. The van der Waals surface area contributed by atoms with Crippen LogP contribution in [0, 0.1) is 0 Å². The van der Waals surface area contributed by atoms with Crippen LogP contribution in [0.5, 0.6) is 5.75 Å². The number of rotatable bonds is 6. The molecule has 4 aromatic carbocycles. The molecule has 0 spiro atoms. The first-order chi connectivity index (χ1) is 15.0. The van der Waals surface area contributed by atoms with E-state index in [1.807, 2.05) is 0 Å². The van der Waals surface area contributed by atoms with Crippen molar-refractivity contribution in [1.29, 1.82) is 0 Å². The summed E-state index contributed by atoms with van der Waals surface area (Å²) in [5.41, 5.74) is 8.63. The molecule has 0 unspecified atom stereocenters. The van der Waals surface area contributed by atoms with E-state index < -0.39 is 0 Å². The summed E-state index contributed by atoms with van der Waals surface area (Å²) in [6.45, 7) is 12.3. The highest BCUT2D eigenvalue weighted by molar-refractivity contribution is 6.20. The fourth-order valence-corrected chi connectivity index (χ4v) is 5.46. The normalized spacial score (nSPS) is 12.4. The Labute approximate surface area is 186 Å². The smallest absolute Gasteiger partial charge is 0.119 e. The minimum Gasteiger partial charge on any atom is -0.494 e. The zero-order valence-corrected chi connectivity index (χ0v) is 19.4. The summed E-state index contributed by atoms with van der Waals surface area (Å²) in [4.78, 5) is 0. The van der Waals surface area contributed by atoms with Gasteiger partial charge in [0.2, 0.25) is 0 Å². The molecule has 0 N–H and O–H groups in total. The van der Waals surface area contributed by atoms with Crippen molar-refractivity contribution in [2.24, 2.45) is 0 Å². The summed E-state index contributed by atoms with van der Waals surface area (Å²) in [5, 5.41) is 5.49. The highest BCUT2D eigenvalue weighted by atomic mass is 16.5. The SMILES string of the molecule is CCCCOc1ccc2c(C(C)C)c3c(c(C(C)C)c2c1)-c1cccc2cccc-3c12. The molecule has 1 nitrogen and oxygen atoms in total. The van der Waals surface area contributed by atoms with E-state index in [2.05, 4.69) is 89.2 Å². The first-order valence-electron chi connectivity index (χ1n) is 11.8. The van der Waals surface area contributed by atoms with Gasteiger partial charge in [-0.25, -0.2) is 0 Å². The van der Waals surface area contributed by atoms with Crippen LogP contribution < -0.4 is 4.74 Å². The number of hydrogen-bond acceptors (Lipinski definition) is 1. The third-order valence-electron chi connectivity index (χ3n) is 6.72. The van der Waals surface area contributed by atoms with Gasteiger partial charge in [-0.1, -0.05) is 83.5 Å². The fourth-order valence-electron chi connectivity index (χ4n) is 5.46. The summed E-state index contributed by atoms with van der Waals surface area (Å²) in [5.74, 6) is 1.85. The average molecular weight is 409 g/mol. The Balaban J connectivity index is 1.90. The highest BCUT2D eigenvalue weighted by Gasteiger charge is 2.30. The lowest BCUT2D eigenvalue weighted by Gasteiger charge is -2.24. The zero-order valence-electron chi connectivity index (χ0n) is 19.4. The molecule has 0 amide bonds. The second-order valence-electron chi connectivity index (χ2n) is 9.51. The second-order valence-corrected chi connectivity index (χ2v) is 9.51. The Kier molecular flexibility index (Phi) is 5.01. The molecule has 31 heavy (non-hydrogen) atoms. The third kappa shape index (κ3) is 3.05. The molecule has 0 aliphatic heterocycles. The quantitative estimate of drug-likeness (QED) is 0.255. The molecule has 1 aliphatic carbocycles. The molecule has 1 heteroatoms. The van der Waals surface area contributed by atoms with Crippen LogP contribution in [0.3, 0.4) is 0 Å². The lowest BCUT2D eigenvalue weighted by molar-refractivity contribution is 0.310. The monoisotopic (exact) mass is 408 g/mol. The number of benzene rings is 4. The molecule has 0 saturated heterocycles. The van der Waals surface area contributed by atoms with Crippen molar-refractivity contribution >= 4 is 21.5 Å². The maximum atomic E-state index is 6.13. The fraction of sp³-hybridized carbons (Fsp3) is 0.333. The Morgan fingerprint density at radius 2 is 1.35 bits per heavy atom. The first kappa shape index (κ1) is 20.1. The number of ether oxygens (including phenoxy) is 1. The summed E-state index contributed by atoms with van der Waals surface area (Å²) in [7, 11) is 0. The van der Waals surface area contributed by atoms with Crippen molar-refractivity contribution in [2.75, 3.05) is 6.61 Å². The molecule has 0 radical (unpaired) electrons. The van der Waals surface area contributed by atoms with Crippen LogP contribution in [0.25, 0.3) is 43.8 Å². The lowest BCUT2D eigenvalue weighted by atomic mass is 9.80. The largest absolute Gasteiger partial charge is 0.494 e. The van der Waals surface area contributed by atoms with E-state index in [0.29, 0.717) is 11.8 Å².